The van der Waals surface area contributed by atoms with Crippen molar-refractivity contribution in [3.05, 3.63) is 83.9 Å². The summed E-state index contributed by atoms with van der Waals surface area (Å²) in [5.74, 6) is -0.401. The normalized spacial score (nSPS) is 19.6. The highest BCUT2D eigenvalue weighted by atomic mass is 16.5. The number of nitrogens with zero attached hydrogens (tertiary/aromatic N) is 2. The van der Waals surface area contributed by atoms with Crippen LogP contribution < -0.4 is 0 Å². The molecule has 0 aromatic heterocycles. The van der Waals surface area contributed by atoms with Crippen molar-refractivity contribution < 1.29 is 14.3 Å². The Hall–Kier alpha value is -2.92. The van der Waals surface area contributed by atoms with Gasteiger partial charge >= 0.3 is 5.97 Å². The molecule has 2 aromatic rings. The van der Waals surface area contributed by atoms with Crippen LogP contribution in [0, 0.1) is 6.92 Å². The highest BCUT2D eigenvalue weighted by Gasteiger charge is 2.46. The molecule has 0 N–H and O–H groups in total. The SMILES string of the molecule is C=CCOC(=O)C1(C)CN(C(=O)c2ccc(C)cc2)CCN1Cc1ccccc1. The standard InChI is InChI=1S/C24H28N2O3/c1-4-16-29-23(28)24(3)18-25(22(27)21-12-10-19(2)11-13-21)14-15-26(24)17-20-8-6-5-7-9-20/h4-13H,1,14-18H2,2-3H3. The Balaban J connectivity index is 1.83. The number of amides is 1. The Morgan fingerprint density at radius 1 is 1.10 bits per heavy atom. The van der Waals surface area contributed by atoms with E-state index in [0.29, 0.717) is 25.2 Å². The molecule has 1 unspecified atom stereocenters. The molecule has 1 aliphatic heterocycles. The van der Waals surface area contributed by atoms with Crippen molar-refractivity contribution in [1.82, 2.24) is 9.80 Å². The average molecular weight is 392 g/mol. The molecule has 1 saturated heterocycles. The molecule has 1 fully saturated rings. The van der Waals surface area contributed by atoms with Crippen LogP contribution in [0.25, 0.3) is 0 Å². The number of esters is 1. The van der Waals surface area contributed by atoms with E-state index in [2.05, 4.69) is 11.5 Å². The molecule has 1 aliphatic rings. The van der Waals surface area contributed by atoms with Gasteiger partial charge in [0.2, 0.25) is 0 Å². The molecule has 0 spiro atoms. The van der Waals surface area contributed by atoms with E-state index in [0.717, 1.165) is 11.1 Å². The lowest BCUT2D eigenvalue weighted by Crippen LogP contribution is -2.65. The summed E-state index contributed by atoms with van der Waals surface area (Å²) in [6, 6.07) is 17.5. The largest absolute Gasteiger partial charge is 0.460 e. The molecule has 0 saturated carbocycles. The zero-order chi connectivity index (χ0) is 20.9. The van der Waals surface area contributed by atoms with E-state index >= 15 is 0 Å². The Labute approximate surface area is 172 Å². The van der Waals surface area contributed by atoms with Gasteiger partial charge in [-0.15, -0.1) is 0 Å². The quantitative estimate of drug-likeness (QED) is 0.558. The van der Waals surface area contributed by atoms with Gasteiger partial charge in [0.25, 0.3) is 5.91 Å². The lowest BCUT2D eigenvalue weighted by molar-refractivity contribution is -0.160. The van der Waals surface area contributed by atoms with Crippen molar-refractivity contribution in [3.8, 4) is 0 Å². The minimum Gasteiger partial charge on any atom is -0.460 e. The van der Waals surface area contributed by atoms with Crippen LogP contribution in [0.1, 0.15) is 28.4 Å². The minimum absolute atomic E-state index is 0.0629. The van der Waals surface area contributed by atoms with Crippen molar-refractivity contribution in [2.24, 2.45) is 0 Å². The molecule has 1 amide bonds. The van der Waals surface area contributed by atoms with Gasteiger partial charge in [-0.1, -0.05) is 60.7 Å². The molecular formula is C24H28N2O3. The number of benzene rings is 2. The summed E-state index contributed by atoms with van der Waals surface area (Å²) in [4.78, 5) is 29.9. The van der Waals surface area contributed by atoms with Crippen LogP contribution in [0.5, 0.6) is 0 Å². The van der Waals surface area contributed by atoms with Crippen molar-refractivity contribution in [2.75, 3.05) is 26.2 Å². The highest BCUT2D eigenvalue weighted by Crippen LogP contribution is 2.26. The number of piperazine rings is 1. The van der Waals surface area contributed by atoms with Gasteiger partial charge in [-0.05, 0) is 31.5 Å². The summed E-state index contributed by atoms with van der Waals surface area (Å²) in [5, 5.41) is 0. The molecule has 0 radical (unpaired) electrons. The van der Waals surface area contributed by atoms with Crippen molar-refractivity contribution in [2.45, 2.75) is 25.9 Å². The first-order valence-electron chi connectivity index (χ1n) is 9.87. The molecule has 5 heteroatoms. The minimum atomic E-state index is -0.933. The fourth-order valence-corrected chi connectivity index (χ4v) is 3.63. The molecule has 29 heavy (non-hydrogen) atoms. The second-order valence-electron chi connectivity index (χ2n) is 7.66. The molecule has 1 atom stereocenters. The Morgan fingerprint density at radius 2 is 1.79 bits per heavy atom. The summed E-state index contributed by atoms with van der Waals surface area (Å²) in [6.45, 7) is 9.67. The van der Waals surface area contributed by atoms with Gasteiger partial charge in [0.1, 0.15) is 12.1 Å². The molecular weight excluding hydrogens is 364 g/mol. The molecule has 0 aliphatic carbocycles. The Bertz CT molecular complexity index is 863. The van der Waals surface area contributed by atoms with Crippen LogP contribution in [0.15, 0.2) is 67.3 Å². The number of carbonyl (C=O) groups excluding carboxylic acids is 2. The van der Waals surface area contributed by atoms with E-state index in [1.807, 2.05) is 68.4 Å². The Morgan fingerprint density at radius 3 is 2.45 bits per heavy atom. The Kier molecular flexibility index (Phi) is 6.49. The second kappa shape index (κ2) is 9.05. The van der Waals surface area contributed by atoms with Crippen molar-refractivity contribution in [1.29, 1.82) is 0 Å². The molecule has 0 bridgehead atoms. The molecule has 152 valence electrons. The van der Waals surface area contributed by atoms with E-state index < -0.39 is 5.54 Å². The van der Waals surface area contributed by atoms with Gasteiger partial charge in [-0.3, -0.25) is 9.69 Å². The molecule has 2 aromatic carbocycles. The number of hydrogen-bond donors (Lipinski definition) is 0. The topological polar surface area (TPSA) is 49.9 Å². The lowest BCUT2D eigenvalue weighted by Gasteiger charge is -2.47. The van der Waals surface area contributed by atoms with Gasteiger partial charge in [-0.2, -0.15) is 0 Å². The number of ether oxygens (including phenoxy) is 1. The molecule has 1 heterocycles. The fourth-order valence-electron chi connectivity index (χ4n) is 3.63. The summed E-state index contributed by atoms with van der Waals surface area (Å²) in [6.07, 6.45) is 1.56. The first-order valence-corrected chi connectivity index (χ1v) is 9.87. The number of hydrogen-bond acceptors (Lipinski definition) is 4. The third-order valence-electron chi connectivity index (χ3n) is 5.41. The summed E-state index contributed by atoms with van der Waals surface area (Å²) in [7, 11) is 0. The van der Waals surface area contributed by atoms with Crippen LogP contribution in [-0.2, 0) is 16.1 Å². The first-order chi connectivity index (χ1) is 13.9. The maximum Gasteiger partial charge on any atom is 0.328 e. The smallest absolute Gasteiger partial charge is 0.328 e. The van der Waals surface area contributed by atoms with Gasteiger partial charge < -0.3 is 9.64 Å². The summed E-state index contributed by atoms with van der Waals surface area (Å²) < 4.78 is 5.41. The summed E-state index contributed by atoms with van der Waals surface area (Å²) in [5.41, 5.74) is 1.92. The van der Waals surface area contributed by atoms with Crippen LogP contribution in [0.4, 0.5) is 0 Å². The van der Waals surface area contributed by atoms with Crippen LogP contribution in [0.3, 0.4) is 0 Å². The third-order valence-corrected chi connectivity index (χ3v) is 5.41. The predicted octanol–water partition coefficient (Wildman–Crippen LogP) is 3.44. The van der Waals surface area contributed by atoms with E-state index in [4.69, 9.17) is 4.74 Å². The number of aryl methyl sites for hydroxylation is 1. The van der Waals surface area contributed by atoms with Crippen LogP contribution >= 0.6 is 0 Å². The zero-order valence-corrected chi connectivity index (χ0v) is 17.1. The van der Waals surface area contributed by atoms with Gasteiger partial charge in [0, 0.05) is 31.7 Å². The average Bonchev–Trinajstić information content (AvgIpc) is 2.74. The van der Waals surface area contributed by atoms with Gasteiger partial charge in [0.15, 0.2) is 0 Å². The predicted molar refractivity (Wildman–Crippen MR) is 113 cm³/mol. The van der Waals surface area contributed by atoms with E-state index in [9.17, 15) is 9.59 Å². The highest BCUT2D eigenvalue weighted by molar-refractivity contribution is 5.95. The van der Waals surface area contributed by atoms with Crippen molar-refractivity contribution in [3.63, 3.8) is 0 Å². The van der Waals surface area contributed by atoms with E-state index in [1.165, 1.54) is 0 Å². The molecule has 3 rings (SSSR count). The third kappa shape index (κ3) is 4.74. The number of rotatable bonds is 6. The van der Waals surface area contributed by atoms with Crippen molar-refractivity contribution >= 4 is 11.9 Å². The lowest BCUT2D eigenvalue weighted by atomic mass is 9.94. The monoisotopic (exact) mass is 392 g/mol. The number of carbonyl (C=O) groups is 2. The maximum atomic E-state index is 13.0. The van der Waals surface area contributed by atoms with Crippen LogP contribution in [-0.4, -0.2) is 53.5 Å². The summed E-state index contributed by atoms with van der Waals surface area (Å²) >= 11 is 0. The second-order valence-corrected chi connectivity index (χ2v) is 7.66. The van der Waals surface area contributed by atoms with Gasteiger partial charge in [-0.25, -0.2) is 4.79 Å². The van der Waals surface area contributed by atoms with Crippen LogP contribution in [0.2, 0.25) is 0 Å². The van der Waals surface area contributed by atoms with E-state index in [-0.39, 0.29) is 25.0 Å². The zero-order valence-electron chi connectivity index (χ0n) is 17.1. The molecule has 5 nitrogen and oxygen atoms in total. The first kappa shape index (κ1) is 20.8. The van der Waals surface area contributed by atoms with Gasteiger partial charge in [0.05, 0.1) is 0 Å². The van der Waals surface area contributed by atoms with E-state index in [1.54, 1.807) is 11.0 Å². The fraction of sp³-hybridized carbons (Fsp3) is 0.333. The maximum absolute atomic E-state index is 13.0.